The third kappa shape index (κ3) is 10.1. The van der Waals surface area contributed by atoms with Crippen LogP contribution in [0, 0.1) is 11.8 Å². The van der Waals surface area contributed by atoms with E-state index >= 15 is 0 Å². The zero-order chi connectivity index (χ0) is 24.1. The lowest BCUT2D eigenvalue weighted by Gasteiger charge is -2.27. The average molecular weight is 446 g/mol. The molecule has 11 nitrogen and oxygen atoms in total. The Morgan fingerprint density at radius 3 is 1.94 bits per heavy atom. The fraction of sp³-hybridized carbons (Fsp3) is 0.800. The van der Waals surface area contributed by atoms with Crippen LogP contribution < -0.4 is 27.4 Å². The minimum Gasteiger partial charge on any atom is -0.480 e. The SMILES string of the molecule is CCC(C)C(N)C(=O)NC(CCCCN)C(=O)NC(C(=O)NC(CO)C(=O)O)C(C)C. The highest BCUT2D eigenvalue weighted by atomic mass is 16.4. The fourth-order valence-electron chi connectivity index (χ4n) is 2.78. The van der Waals surface area contributed by atoms with E-state index in [1.807, 2.05) is 13.8 Å². The second-order valence-corrected chi connectivity index (χ2v) is 8.07. The molecule has 9 N–H and O–H groups in total. The number of hydrogen-bond donors (Lipinski definition) is 7. The highest BCUT2D eigenvalue weighted by molar-refractivity contribution is 5.94. The summed E-state index contributed by atoms with van der Waals surface area (Å²) in [6.45, 7) is 6.76. The molecule has 0 rings (SSSR count). The van der Waals surface area contributed by atoms with Gasteiger partial charge in [0, 0.05) is 0 Å². The molecule has 3 amide bonds. The van der Waals surface area contributed by atoms with Gasteiger partial charge in [0.2, 0.25) is 17.7 Å². The van der Waals surface area contributed by atoms with Crippen molar-refractivity contribution in [3.05, 3.63) is 0 Å². The zero-order valence-corrected chi connectivity index (χ0v) is 18.9. The molecular weight excluding hydrogens is 406 g/mol. The number of carboxylic acids is 1. The number of amides is 3. The fourth-order valence-corrected chi connectivity index (χ4v) is 2.78. The van der Waals surface area contributed by atoms with Crippen molar-refractivity contribution in [3.63, 3.8) is 0 Å². The van der Waals surface area contributed by atoms with Crippen molar-refractivity contribution in [2.75, 3.05) is 13.2 Å². The molecular formula is C20H39N5O6. The first-order valence-electron chi connectivity index (χ1n) is 10.7. The molecule has 0 aromatic heterocycles. The molecule has 0 aliphatic rings. The first-order valence-corrected chi connectivity index (χ1v) is 10.7. The van der Waals surface area contributed by atoms with Crippen LogP contribution in [-0.2, 0) is 19.2 Å². The molecule has 0 aliphatic carbocycles. The molecule has 0 saturated carbocycles. The number of carbonyl (C=O) groups is 4. The van der Waals surface area contributed by atoms with Crippen LogP contribution in [-0.4, -0.2) is 71.2 Å². The lowest BCUT2D eigenvalue weighted by atomic mass is 9.98. The number of unbranched alkanes of at least 4 members (excludes halogenated alkanes) is 1. The van der Waals surface area contributed by atoms with Crippen LogP contribution in [0.1, 0.15) is 53.4 Å². The minimum absolute atomic E-state index is 0.0756. The van der Waals surface area contributed by atoms with Crippen LogP contribution in [0.2, 0.25) is 0 Å². The Balaban J connectivity index is 5.37. The molecule has 5 atom stereocenters. The van der Waals surface area contributed by atoms with Gasteiger partial charge in [-0.2, -0.15) is 0 Å². The average Bonchev–Trinajstić information content (AvgIpc) is 2.72. The van der Waals surface area contributed by atoms with Gasteiger partial charge in [-0.3, -0.25) is 14.4 Å². The van der Waals surface area contributed by atoms with Crippen molar-refractivity contribution in [1.82, 2.24) is 16.0 Å². The molecule has 0 heterocycles. The van der Waals surface area contributed by atoms with E-state index in [0.717, 1.165) is 0 Å². The molecule has 11 heteroatoms. The van der Waals surface area contributed by atoms with Crippen LogP contribution in [0.15, 0.2) is 0 Å². The van der Waals surface area contributed by atoms with Crippen LogP contribution in [0.5, 0.6) is 0 Å². The Bertz CT molecular complexity index is 601. The van der Waals surface area contributed by atoms with Gasteiger partial charge in [-0.1, -0.05) is 34.1 Å². The normalized spacial score (nSPS) is 16.0. The number of carboxylic acid groups (broad SMARTS) is 1. The highest BCUT2D eigenvalue weighted by Gasteiger charge is 2.32. The summed E-state index contributed by atoms with van der Waals surface area (Å²) in [5.74, 6) is -3.62. The van der Waals surface area contributed by atoms with Crippen LogP contribution in [0.4, 0.5) is 0 Å². The smallest absolute Gasteiger partial charge is 0.328 e. The monoisotopic (exact) mass is 445 g/mol. The second-order valence-electron chi connectivity index (χ2n) is 8.07. The van der Waals surface area contributed by atoms with Crippen LogP contribution in [0.3, 0.4) is 0 Å². The molecule has 0 bridgehead atoms. The van der Waals surface area contributed by atoms with Gasteiger partial charge < -0.3 is 37.6 Å². The highest BCUT2D eigenvalue weighted by Crippen LogP contribution is 2.09. The molecule has 0 spiro atoms. The molecule has 0 aromatic carbocycles. The molecule has 31 heavy (non-hydrogen) atoms. The maximum absolute atomic E-state index is 12.9. The molecule has 0 aromatic rings. The van der Waals surface area contributed by atoms with Gasteiger partial charge in [0.25, 0.3) is 0 Å². The van der Waals surface area contributed by atoms with E-state index in [-0.39, 0.29) is 11.8 Å². The van der Waals surface area contributed by atoms with E-state index in [4.69, 9.17) is 21.7 Å². The van der Waals surface area contributed by atoms with Gasteiger partial charge in [0.05, 0.1) is 12.6 Å². The van der Waals surface area contributed by atoms with E-state index in [2.05, 4.69) is 16.0 Å². The van der Waals surface area contributed by atoms with Crippen molar-refractivity contribution >= 4 is 23.7 Å². The first kappa shape index (κ1) is 28.8. The second kappa shape index (κ2) is 14.7. The number of aliphatic carboxylic acids is 1. The molecule has 0 saturated heterocycles. The molecule has 180 valence electrons. The lowest BCUT2D eigenvalue weighted by Crippen LogP contribution is -2.59. The van der Waals surface area contributed by atoms with Gasteiger partial charge in [-0.05, 0) is 37.6 Å². The van der Waals surface area contributed by atoms with Gasteiger partial charge >= 0.3 is 5.97 Å². The largest absolute Gasteiger partial charge is 0.480 e. The maximum atomic E-state index is 12.9. The van der Waals surface area contributed by atoms with E-state index in [1.54, 1.807) is 13.8 Å². The summed E-state index contributed by atoms with van der Waals surface area (Å²) in [5.41, 5.74) is 11.5. The van der Waals surface area contributed by atoms with E-state index in [9.17, 15) is 19.2 Å². The number of rotatable bonds is 15. The lowest BCUT2D eigenvalue weighted by molar-refractivity contribution is -0.143. The van der Waals surface area contributed by atoms with Crippen molar-refractivity contribution < 1.29 is 29.4 Å². The summed E-state index contributed by atoms with van der Waals surface area (Å²) in [6.07, 6.45) is 2.24. The maximum Gasteiger partial charge on any atom is 0.328 e. The van der Waals surface area contributed by atoms with Crippen molar-refractivity contribution in [2.24, 2.45) is 23.3 Å². The number of hydrogen-bond acceptors (Lipinski definition) is 7. The number of carbonyl (C=O) groups excluding carboxylic acids is 3. The predicted octanol–water partition coefficient (Wildman–Crippen LogP) is -1.32. The summed E-state index contributed by atoms with van der Waals surface area (Å²) in [4.78, 5) is 49.0. The van der Waals surface area contributed by atoms with Gasteiger partial charge in [0.1, 0.15) is 18.1 Å². The predicted molar refractivity (Wildman–Crippen MR) is 116 cm³/mol. The first-order chi connectivity index (χ1) is 14.5. The molecule has 0 aliphatic heterocycles. The number of aliphatic hydroxyl groups excluding tert-OH is 1. The zero-order valence-electron chi connectivity index (χ0n) is 18.9. The van der Waals surface area contributed by atoms with Gasteiger partial charge in [-0.15, -0.1) is 0 Å². The molecule has 5 unspecified atom stereocenters. The Kier molecular flexibility index (Phi) is 13.6. The molecule has 0 fully saturated rings. The Hall–Kier alpha value is -2.24. The topological polar surface area (TPSA) is 197 Å². The molecule has 0 radical (unpaired) electrons. The van der Waals surface area contributed by atoms with Crippen molar-refractivity contribution in [3.8, 4) is 0 Å². The van der Waals surface area contributed by atoms with Crippen LogP contribution >= 0.6 is 0 Å². The summed E-state index contributed by atoms with van der Waals surface area (Å²) in [7, 11) is 0. The third-order valence-corrected chi connectivity index (χ3v) is 5.18. The third-order valence-electron chi connectivity index (χ3n) is 5.18. The number of aliphatic hydroxyl groups is 1. The van der Waals surface area contributed by atoms with E-state index in [1.165, 1.54) is 0 Å². The number of nitrogens with two attached hydrogens (primary N) is 2. The minimum atomic E-state index is -1.49. The Morgan fingerprint density at radius 1 is 0.903 bits per heavy atom. The summed E-state index contributed by atoms with van der Waals surface area (Å²) >= 11 is 0. The summed E-state index contributed by atoms with van der Waals surface area (Å²) in [5, 5.41) is 25.6. The Labute approximate surface area is 183 Å². The van der Waals surface area contributed by atoms with Gasteiger partial charge in [-0.25, -0.2) is 4.79 Å². The quantitative estimate of drug-likeness (QED) is 0.150. The van der Waals surface area contributed by atoms with Gasteiger partial charge in [0.15, 0.2) is 0 Å². The summed E-state index contributed by atoms with van der Waals surface area (Å²) in [6, 6.07) is -4.24. The van der Waals surface area contributed by atoms with E-state index < -0.39 is 54.5 Å². The number of nitrogens with one attached hydrogen (secondary N) is 3. The van der Waals surface area contributed by atoms with Crippen LogP contribution in [0.25, 0.3) is 0 Å². The Morgan fingerprint density at radius 2 is 1.48 bits per heavy atom. The summed E-state index contributed by atoms with van der Waals surface area (Å²) < 4.78 is 0. The standard InChI is InChI=1S/C20H39N5O6/c1-5-12(4)15(22)18(28)23-13(8-6-7-9-21)17(27)25-16(11(2)3)19(29)24-14(10-26)20(30)31/h11-16,26H,5-10,21-22H2,1-4H3,(H,23,28)(H,24,29)(H,25,27)(H,30,31). The van der Waals surface area contributed by atoms with Crippen molar-refractivity contribution in [2.45, 2.75) is 77.5 Å². The van der Waals surface area contributed by atoms with E-state index in [0.29, 0.717) is 32.2 Å². The van der Waals surface area contributed by atoms with Crippen molar-refractivity contribution in [1.29, 1.82) is 0 Å².